The molecule has 2 fully saturated rings. The summed E-state index contributed by atoms with van der Waals surface area (Å²) in [7, 11) is 0. The third kappa shape index (κ3) is 3.25. The van der Waals surface area contributed by atoms with E-state index in [1.807, 2.05) is 32.0 Å². The van der Waals surface area contributed by atoms with Crippen molar-refractivity contribution in [3.63, 3.8) is 0 Å². The van der Waals surface area contributed by atoms with Gasteiger partial charge in [0.15, 0.2) is 0 Å². The number of piperidine rings is 1. The van der Waals surface area contributed by atoms with Crippen LogP contribution in [0.3, 0.4) is 0 Å². The summed E-state index contributed by atoms with van der Waals surface area (Å²) in [6.45, 7) is 4.90. The zero-order chi connectivity index (χ0) is 18.1. The smallest absolute Gasteiger partial charge is 0.240 e. The van der Waals surface area contributed by atoms with Crippen LogP contribution in [0.5, 0.6) is 0 Å². The van der Waals surface area contributed by atoms with E-state index >= 15 is 0 Å². The van der Waals surface area contributed by atoms with Gasteiger partial charge in [-0.2, -0.15) is 0 Å². The zero-order valence-electron chi connectivity index (χ0n) is 14.8. The standard InChI is InChI=1S/C19H25N3O3/c1-12-6-5-8-15(13(12)2)22-11-14(10-17(22)23)19(25)21-9-4-3-7-16(21)18(20)24/h5-6,8,14,16H,3-4,7,9-11H2,1-2H3,(H2,20,24). The second-order valence-corrected chi connectivity index (χ2v) is 7.07. The summed E-state index contributed by atoms with van der Waals surface area (Å²) in [5.74, 6) is -1.03. The van der Waals surface area contributed by atoms with Crippen molar-refractivity contribution in [2.45, 2.75) is 45.6 Å². The van der Waals surface area contributed by atoms with E-state index in [0.717, 1.165) is 29.7 Å². The number of likely N-dealkylation sites (tertiary alicyclic amines) is 1. The molecule has 0 bridgehead atoms. The van der Waals surface area contributed by atoms with Crippen molar-refractivity contribution < 1.29 is 14.4 Å². The fourth-order valence-electron chi connectivity index (χ4n) is 3.86. The second-order valence-electron chi connectivity index (χ2n) is 7.07. The van der Waals surface area contributed by atoms with Gasteiger partial charge in [-0.05, 0) is 50.3 Å². The molecule has 25 heavy (non-hydrogen) atoms. The van der Waals surface area contributed by atoms with Crippen LogP contribution in [0.4, 0.5) is 5.69 Å². The molecular formula is C19H25N3O3. The highest BCUT2D eigenvalue weighted by atomic mass is 16.2. The number of carbonyl (C=O) groups excluding carboxylic acids is 3. The molecule has 0 saturated carbocycles. The normalized spacial score (nSPS) is 23.8. The number of hydrogen-bond donors (Lipinski definition) is 1. The Morgan fingerprint density at radius 3 is 2.68 bits per heavy atom. The number of primary amides is 1. The van der Waals surface area contributed by atoms with Gasteiger partial charge < -0.3 is 15.5 Å². The minimum atomic E-state index is -0.536. The van der Waals surface area contributed by atoms with Gasteiger partial charge in [-0.25, -0.2) is 0 Å². The largest absolute Gasteiger partial charge is 0.368 e. The van der Waals surface area contributed by atoms with Crippen molar-refractivity contribution in [1.82, 2.24) is 4.90 Å². The number of nitrogens with two attached hydrogens (primary N) is 1. The Morgan fingerprint density at radius 2 is 1.96 bits per heavy atom. The van der Waals surface area contributed by atoms with Gasteiger partial charge in [0, 0.05) is 25.2 Å². The number of aryl methyl sites for hydroxylation is 1. The van der Waals surface area contributed by atoms with E-state index < -0.39 is 17.9 Å². The van der Waals surface area contributed by atoms with Crippen molar-refractivity contribution in [1.29, 1.82) is 0 Å². The molecule has 2 saturated heterocycles. The average molecular weight is 343 g/mol. The van der Waals surface area contributed by atoms with Crippen LogP contribution in [0.25, 0.3) is 0 Å². The SMILES string of the molecule is Cc1cccc(N2CC(C(=O)N3CCCCC3C(N)=O)CC2=O)c1C. The number of rotatable bonds is 3. The molecule has 1 aromatic carbocycles. The highest BCUT2D eigenvalue weighted by Gasteiger charge is 2.41. The first kappa shape index (κ1) is 17.5. The third-order valence-corrected chi connectivity index (χ3v) is 5.46. The summed E-state index contributed by atoms with van der Waals surface area (Å²) in [5.41, 5.74) is 8.50. The lowest BCUT2D eigenvalue weighted by Crippen LogP contribution is -2.52. The van der Waals surface area contributed by atoms with E-state index in [1.54, 1.807) is 9.80 Å². The van der Waals surface area contributed by atoms with E-state index in [9.17, 15) is 14.4 Å². The maximum atomic E-state index is 12.9. The Kier molecular flexibility index (Phi) is 4.79. The molecule has 0 spiro atoms. The minimum absolute atomic E-state index is 0.0420. The summed E-state index contributed by atoms with van der Waals surface area (Å²) in [4.78, 5) is 40.4. The predicted octanol–water partition coefficient (Wildman–Crippen LogP) is 1.52. The van der Waals surface area contributed by atoms with E-state index in [2.05, 4.69) is 0 Å². The van der Waals surface area contributed by atoms with Gasteiger partial charge in [0.1, 0.15) is 6.04 Å². The van der Waals surface area contributed by atoms with E-state index in [1.165, 1.54) is 0 Å². The number of carbonyl (C=O) groups is 3. The lowest BCUT2D eigenvalue weighted by molar-refractivity contribution is -0.144. The second kappa shape index (κ2) is 6.86. The Hall–Kier alpha value is -2.37. The summed E-state index contributed by atoms with van der Waals surface area (Å²) in [6.07, 6.45) is 2.57. The third-order valence-electron chi connectivity index (χ3n) is 5.46. The number of anilines is 1. The molecule has 0 radical (unpaired) electrons. The van der Waals surface area contributed by atoms with Gasteiger partial charge in [-0.1, -0.05) is 12.1 Å². The van der Waals surface area contributed by atoms with Crippen molar-refractivity contribution in [2.24, 2.45) is 11.7 Å². The molecule has 0 aromatic heterocycles. The summed E-state index contributed by atoms with van der Waals surface area (Å²) < 4.78 is 0. The van der Waals surface area contributed by atoms with E-state index in [0.29, 0.717) is 19.5 Å². The topological polar surface area (TPSA) is 83.7 Å². The molecule has 2 N–H and O–H groups in total. The summed E-state index contributed by atoms with van der Waals surface area (Å²) in [6, 6.07) is 5.31. The summed E-state index contributed by atoms with van der Waals surface area (Å²) >= 11 is 0. The average Bonchev–Trinajstić information content (AvgIpc) is 2.98. The Balaban J connectivity index is 1.79. The monoisotopic (exact) mass is 343 g/mol. The molecular weight excluding hydrogens is 318 g/mol. The minimum Gasteiger partial charge on any atom is -0.368 e. The molecule has 2 heterocycles. The van der Waals surface area contributed by atoms with Gasteiger partial charge in [0.25, 0.3) is 0 Å². The van der Waals surface area contributed by atoms with Crippen LogP contribution in [-0.4, -0.2) is 41.8 Å². The zero-order valence-corrected chi connectivity index (χ0v) is 14.8. The highest BCUT2D eigenvalue weighted by Crippen LogP contribution is 2.31. The number of nitrogens with zero attached hydrogens (tertiary/aromatic N) is 2. The number of amides is 3. The molecule has 3 rings (SSSR count). The van der Waals surface area contributed by atoms with Gasteiger partial charge >= 0.3 is 0 Å². The van der Waals surface area contributed by atoms with Crippen LogP contribution in [0, 0.1) is 19.8 Å². The van der Waals surface area contributed by atoms with Crippen molar-refractivity contribution in [3.8, 4) is 0 Å². The van der Waals surface area contributed by atoms with Gasteiger partial charge in [0.05, 0.1) is 5.92 Å². The number of hydrogen-bond acceptors (Lipinski definition) is 3. The van der Waals surface area contributed by atoms with Gasteiger partial charge in [-0.3, -0.25) is 14.4 Å². The predicted molar refractivity (Wildman–Crippen MR) is 94.9 cm³/mol. The molecule has 6 heteroatoms. The van der Waals surface area contributed by atoms with Crippen molar-refractivity contribution >= 4 is 23.4 Å². The molecule has 6 nitrogen and oxygen atoms in total. The summed E-state index contributed by atoms with van der Waals surface area (Å²) in [5, 5.41) is 0. The van der Waals surface area contributed by atoms with Crippen LogP contribution in [-0.2, 0) is 14.4 Å². The first-order valence-electron chi connectivity index (χ1n) is 8.86. The van der Waals surface area contributed by atoms with Crippen LogP contribution in [0.1, 0.15) is 36.8 Å². The van der Waals surface area contributed by atoms with E-state index in [4.69, 9.17) is 5.73 Å². The fourth-order valence-corrected chi connectivity index (χ4v) is 3.86. The molecule has 2 aliphatic rings. The Labute approximate surface area is 148 Å². The Bertz CT molecular complexity index is 716. The quantitative estimate of drug-likeness (QED) is 0.903. The maximum absolute atomic E-state index is 12.9. The Morgan fingerprint density at radius 1 is 1.20 bits per heavy atom. The molecule has 134 valence electrons. The van der Waals surface area contributed by atoms with Crippen LogP contribution in [0.15, 0.2) is 18.2 Å². The lowest BCUT2D eigenvalue weighted by Gasteiger charge is -2.35. The van der Waals surface area contributed by atoms with Crippen molar-refractivity contribution in [3.05, 3.63) is 29.3 Å². The molecule has 2 unspecified atom stereocenters. The first-order valence-corrected chi connectivity index (χ1v) is 8.86. The van der Waals surface area contributed by atoms with Crippen LogP contribution >= 0.6 is 0 Å². The first-order chi connectivity index (χ1) is 11.9. The lowest BCUT2D eigenvalue weighted by atomic mass is 9.98. The number of benzene rings is 1. The maximum Gasteiger partial charge on any atom is 0.240 e. The van der Waals surface area contributed by atoms with Gasteiger partial charge in [-0.15, -0.1) is 0 Å². The molecule has 1 aromatic rings. The van der Waals surface area contributed by atoms with Crippen LogP contribution in [0.2, 0.25) is 0 Å². The van der Waals surface area contributed by atoms with E-state index in [-0.39, 0.29) is 18.2 Å². The van der Waals surface area contributed by atoms with Crippen molar-refractivity contribution in [2.75, 3.05) is 18.0 Å². The van der Waals surface area contributed by atoms with Crippen LogP contribution < -0.4 is 10.6 Å². The molecule has 2 atom stereocenters. The van der Waals surface area contributed by atoms with Gasteiger partial charge in [0.2, 0.25) is 17.7 Å². The molecule has 2 aliphatic heterocycles. The molecule has 3 amide bonds. The fraction of sp³-hybridized carbons (Fsp3) is 0.526. The molecule has 0 aliphatic carbocycles. The highest BCUT2D eigenvalue weighted by molar-refractivity contribution is 6.01.